The summed E-state index contributed by atoms with van der Waals surface area (Å²) >= 11 is 0. The lowest BCUT2D eigenvalue weighted by atomic mass is 9.91. The molecule has 0 radical (unpaired) electrons. The summed E-state index contributed by atoms with van der Waals surface area (Å²) in [6, 6.07) is 4.58. The molecule has 1 aromatic rings. The van der Waals surface area contributed by atoms with Gasteiger partial charge in [-0.05, 0) is 31.5 Å². The lowest BCUT2D eigenvalue weighted by Crippen LogP contribution is -2.29. The number of hydrogen-bond donors (Lipinski definition) is 1. The minimum atomic E-state index is 0.390. The fraction of sp³-hybridized carbons (Fsp3) is 0.615. The van der Waals surface area contributed by atoms with E-state index in [1.165, 1.54) is 5.56 Å². The second-order valence-corrected chi connectivity index (χ2v) is 4.34. The second kappa shape index (κ2) is 5.41. The van der Waals surface area contributed by atoms with E-state index in [0.29, 0.717) is 12.0 Å². The molecule has 1 N–H and O–H groups in total. The van der Waals surface area contributed by atoms with E-state index in [9.17, 15) is 0 Å². The van der Waals surface area contributed by atoms with Gasteiger partial charge in [-0.2, -0.15) is 0 Å². The summed E-state index contributed by atoms with van der Waals surface area (Å²) in [5.41, 5.74) is 2.44. The van der Waals surface area contributed by atoms with E-state index in [2.05, 4.69) is 30.2 Å². The van der Waals surface area contributed by atoms with Crippen molar-refractivity contribution in [3.63, 3.8) is 0 Å². The molecule has 1 aliphatic heterocycles. The number of nitrogens with one attached hydrogen (secondary N) is 1. The first-order valence-electron chi connectivity index (χ1n) is 6.05. The fourth-order valence-corrected chi connectivity index (χ4v) is 2.39. The molecule has 0 bridgehead atoms. The first kappa shape index (κ1) is 11.6. The summed E-state index contributed by atoms with van der Waals surface area (Å²) < 4.78 is 5.49. The van der Waals surface area contributed by atoms with Crippen molar-refractivity contribution in [2.75, 3.05) is 19.8 Å². The normalized spacial score (nSPS) is 22.2. The summed E-state index contributed by atoms with van der Waals surface area (Å²) in [6.07, 6.45) is 3.00. The minimum absolute atomic E-state index is 0.390. The van der Waals surface area contributed by atoms with E-state index in [1.54, 1.807) is 0 Å². The van der Waals surface area contributed by atoms with Crippen LogP contribution in [0.3, 0.4) is 0 Å². The molecule has 1 aromatic heterocycles. The number of rotatable bonds is 4. The Balaban J connectivity index is 2.21. The topological polar surface area (TPSA) is 34.2 Å². The molecule has 0 saturated carbocycles. The van der Waals surface area contributed by atoms with Gasteiger partial charge in [-0.15, -0.1) is 0 Å². The van der Waals surface area contributed by atoms with Crippen LogP contribution in [0.15, 0.2) is 18.3 Å². The average Bonchev–Trinajstić information content (AvgIpc) is 2.80. The van der Waals surface area contributed by atoms with Crippen LogP contribution in [0.4, 0.5) is 0 Å². The zero-order chi connectivity index (χ0) is 11.4. The molecule has 0 spiro atoms. The first-order chi connectivity index (χ1) is 7.83. The molecule has 2 atom stereocenters. The smallest absolute Gasteiger partial charge is 0.0513 e. The van der Waals surface area contributed by atoms with Gasteiger partial charge in [-0.3, -0.25) is 4.98 Å². The van der Waals surface area contributed by atoms with Gasteiger partial charge in [0.05, 0.1) is 6.61 Å². The lowest BCUT2D eigenvalue weighted by Gasteiger charge is -2.24. The highest BCUT2D eigenvalue weighted by Gasteiger charge is 2.27. The Bertz CT molecular complexity index is 334. The fourth-order valence-electron chi connectivity index (χ4n) is 2.39. The van der Waals surface area contributed by atoms with Gasteiger partial charge in [-0.25, -0.2) is 0 Å². The summed E-state index contributed by atoms with van der Waals surface area (Å²) in [6.45, 7) is 6.97. The highest BCUT2D eigenvalue weighted by atomic mass is 16.5. The second-order valence-electron chi connectivity index (χ2n) is 4.34. The quantitative estimate of drug-likeness (QED) is 0.843. The predicted octanol–water partition coefficient (Wildman–Crippen LogP) is 2.08. The number of nitrogens with zero attached hydrogens (tertiary/aromatic N) is 1. The van der Waals surface area contributed by atoms with Crippen molar-refractivity contribution in [3.05, 3.63) is 29.6 Å². The molecule has 0 aromatic carbocycles. The van der Waals surface area contributed by atoms with Crippen LogP contribution in [0.1, 0.15) is 30.6 Å². The molecule has 16 heavy (non-hydrogen) atoms. The molecule has 0 amide bonds. The lowest BCUT2D eigenvalue weighted by molar-refractivity contribution is 0.177. The molecule has 3 heteroatoms. The molecule has 1 saturated heterocycles. The van der Waals surface area contributed by atoms with Crippen LogP contribution >= 0.6 is 0 Å². The van der Waals surface area contributed by atoms with E-state index in [1.807, 2.05) is 12.3 Å². The Morgan fingerprint density at radius 2 is 2.50 bits per heavy atom. The van der Waals surface area contributed by atoms with E-state index in [0.717, 1.165) is 31.9 Å². The molecule has 2 unspecified atom stereocenters. The van der Waals surface area contributed by atoms with E-state index in [-0.39, 0.29) is 0 Å². The maximum atomic E-state index is 5.49. The van der Waals surface area contributed by atoms with Gasteiger partial charge in [0, 0.05) is 30.5 Å². The molecule has 2 heterocycles. The SMILES string of the molecule is CCNC(c1cccnc1C)C1CCOC1. The maximum Gasteiger partial charge on any atom is 0.0513 e. The zero-order valence-corrected chi connectivity index (χ0v) is 10.1. The molecule has 2 rings (SSSR count). The van der Waals surface area contributed by atoms with Crippen LogP contribution in [0.25, 0.3) is 0 Å². The summed E-state index contributed by atoms with van der Waals surface area (Å²) in [5.74, 6) is 0.586. The molecule has 3 nitrogen and oxygen atoms in total. The average molecular weight is 220 g/mol. The van der Waals surface area contributed by atoms with Gasteiger partial charge in [0.25, 0.3) is 0 Å². The van der Waals surface area contributed by atoms with Crippen molar-refractivity contribution in [3.8, 4) is 0 Å². The third-order valence-electron chi connectivity index (χ3n) is 3.24. The van der Waals surface area contributed by atoms with Crippen LogP contribution in [-0.4, -0.2) is 24.7 Å². The van der Waals surface area contributed by atoms with Crippen molar-refractivity contribution >= 4 is 0 Å². The standard InChI is InChI=1S/C13H20N2O/c1-3-14-13(11-6-8-16-9-11)12-5-4-7-15-10(12)2/h4-5,7,11,13-14H,3,6,8-9H2,1-2H3. The van der Waals surface area contributed by atoms with Gasteiger partial charge in [0.1, 0.15) is 0 Å². The van der Waals surface area contributed by atoms with Crippen molar-refractivity contribution in [2.45, 2.75) is 26.3 Å². The van der Waals surface area contributed by atoms with Crippen molar-refractivity contribution < 1.29 is 4.74 Å². The molecule has 88 valence electrons. The van der Waals surface area contributed by atoms with Crippen LogP contribution < -0.4 is 5.32 Å². The van der Waals surface area contributed by atoms with Crippen LogP contribution in [0, 0.1) is 12.8 Å². The highest BCUT2D eigenvalue weighted by molar-refractivity contribution is 5.23. The van der Waals surface area contributed by atoms with E-state index < -0.39 is 0 Å². The molecule has 1 fully saturated rings. The predicted molar refractivity (Wildman–Crippen MR) is 64.3 cm³/mol. The molecular formula is C13H20N2O. The third kappa shape index (κ3) is 2.42. The Hall–Kier alpha value is -0.930. The number of aryl methyl sites for hydroxylation is 1. The van der Waals surface area contributed by atoms with Crippen molar-refractivity contribution in [1.82, 2.24) is 10.3 Å². The van der Waals surface area contributed by atoms with Gasteiger partial charge < -0.3 is 10.1 Å². The van der Waals surface area contributed by atoms with Crippen LogP contribution in [0.2, 0.25) is 0 Å². The third-order valence-corrected chi connectivity index (χ3v) is 3.24. The molecule has 0 aliphatic carbocycles. The van der Waals surface area contributed by atoms with Gasteiger partial charge in [0.15, 0.2) is 0 Å². The first-order valence-corrected chi connectivity index (χ1v) is 6.05. The van der Waals surface area contributed by atoms with E-state index >= 15 is 0 Å². The van der Waals surface area contributed by atoms with E-state index in [4.69, 9.17) is 4.74 Å². The maximum absolute atomic E-state index is 5.49. The van der Waals surface area contributed by atoms with Crippen molar-refractivity contribution in [2.24, 2.45) is 5.92 Å². The summed E-state index contributed by atoms with van der Waals surface area (Å²) in [5, 5.41) is 3.56. The Labute approximate surface area is 97.2 Å². The highest BCUT2D eigenvalue weighted by Crippen LogP contribution is 2.29. The molecule has 1 aliphatic rings. The largest absolute Gasteiger partial charge is 0.381 e. The minimum Gasteiger partial charge on any atom is -0.381 e. The zero-order valence-electron chi connectivity index (χ0n) is 10.1. The Morgan fingerprint density at radius 1 is 1.62 bits per heavy atom. The number of ether oxygens (including phenoxy) is 1. The van der Waals surface area contributed by atoms with Crippen LogP contribution in [-0.2, 0) is 4.74 Å². The van der Waals surface area contributed by atoms with Gasteiger partial charge in [0.2, 0.25) is 0 Å². The number of aromatic nitrogens is 1. The monoisotopic (exact) mass is 220 g/mol. The summed E-state index contributed by atoms with van der Waals surface area (Å²) in [7, 11) is 0. The molecular weight excluding hydrogens is 200 g/mol. The Morgan fingerprint density at radius 3 is 3.12 bits per heavy atom. The van der Waals surface area contributed by atoms with Gasteiger partial charge in [-0.1, -0.05) is 13.0 Å². The van der Waals surface area contributed by atoms with Gasteiger partial charge >= 0.3 is 0 Å². The number of pyridine rings is 1. The van der Waals surface area contributed by atoms with Crippen molar-refractivity contribution in [1.29, 1.82) is 0 Å². The Kier molecular flexibility index (Phi) is 3.91. The van der Waals surface area contributed by atoms with Crippen LogP contribution in [0.5, 0.6) is 0 Å². The summed E-state index contributed by atoms with van der Waals surface area (Å²) in [4.78, 5) is 4.37. The number of hydrogen-bond acceptors (Lipinski definition) is 3.